The van der Waals surface area contributed by atoms with Gasteiger partial charge < -0.3 is 4.74 Å². The summed E-state index contributed by atoms with van der Waals surface area (Å²) < 4.78 is 27.1. The number of hydrogen-bond acceptors (Lipinski definition) is 3. The molecular weight excluding hydrogens is 178 g/mol. The lowest BCUT2D eigenvalue weighted by atomic mass is 10.1. The molecule has 1 fully saturated rings. The summed E-state index contributed by atoms with van der Waals surface area (Å²) in [5.74, 6) is 0.358. The molecule has 1 saturated heterocycles. The molecule has 2 N–H and O–H groups in total. The summed E-state index contributed by atoms with van der Waals surface area (Å²) in [7, 11) is -3.39. The van der Waals surface area contributed by atoms with Crippen molar-refractivity contribution in [2.75, 3.05) is 6.61 Å². The minimum Gasteiger partial charge on any atom is -0.377 e. The third kappa shape index (κ3) is 2.18. The number of ether oxygens (including phenoxy) is 1. The SMILES string of the molecule is CC(C)C1CC(S(N)(=O)=O)CO1. The third-order valence-electron chi connectivity index (χ3n) is 2.20. The van der Waals surface area contributed by atoms with E-state index in [2.05, 4.69) is 0 Å². The van der Waals surface area contributed by atoms with Crippen LogP contribution in [0.5, 0.6) is 0 Å². The van der Waals surface area contributed by atoms with Crippen LogP contribution in [-0.2, 0) is 14.8 Å². The largest absolute Gasteiger partial charge is 0.377 e. The molecule has 1 heterocycles. The lowest BCUT2D eigenvalue weighted by Crippen LogP contribution is -2.29. The molecule has 12 heavy (non-hydrogen) atoms. The molecule has 5 heteroatoms. The van der Waals surface area contributed by atoms with Gasteiger partial charge in [-0.3, -0.25) is 0 Å². The predicted molar refractivity (Wildman–Crippen MR) is 46.1 cm³/mol. The lowest BCUT2D eigenvalue weighted by molar-refractivity contribution is 0.0759. The highest BCUT2D eigenvalue weighted by atomic mass is 32.2. The molecule has 72 valence electrons. The molecule has 0 aromatic rings. The molecule has 1 rings (SSSR count). The van der Waals surface area contributed by atoms with Crippen molar-refractivity contribution in [1.82, 2.24) is 0 Å². The maximum Gasteiger partial charge on any atom is 0.214 e. The van der Waals surface area contributed by atoms with Crippen molar-refractivity contribution in [3.05, 3.63) is 0 Å². The minimum absolute atomic E-state index is 0.0494. The fourth-order valence-corrected chi connectivity index (χ4v) is 2.05. The van der Waals surface area contributed by atoms with Crippen molar-refractivity contribution in [3.63, 3.8) is 0 Å². The van der Waals surface area contributed by atoms with Crippen molar-refractivity contribution < 1.29 is 13.2 Å². The molecule has 0 aliphatic carbocycles. The zero-order valence-corrected chi connectivity index (χ0v) is 8.17. The molecule has 1 aliphatic heterocycles. The molecule has 0 spiro atoms. The highest BCUT2D eigenvalue weighted by Gasteiger charge is 2.34. The van der Waals surface area contributed by atoms with E-state index in [4.69, 9.17) is 9.88 Å². The molecule has 2 atom stereocenters. The fraction of sp³-hybridized carbons (Fsp3) is 1.00. The Balaban J connectivity index is 2.58. The normalized spacial score (nSPS) is 31.3. The second-order valence-electron chi connectivity index (χ2n) is 3.56. The summed E-state index contributed by atoms with van der Waals surface area (Å²) in [6.45, 7) is 4.27. The van der Waals surface area contributed by atoms with E-state index >= 15 is 0 Å². The first-order valence-corrected chi connectivity index (χ1v) is 5.65. The maximum absolute atomic E-state index is 10.9. The van der Waals surface area contributed by atoms with Gasteiger partial charge in [-0.15, -0.1) is 0 Å². The first kappa shape index (κ1) is 9.95. The van der Waals surface area contributed by atoms with Crippen LogP contribution in [0.2, 0.25) is 0 Å². The summed E-state index contributed by atoms with van der Waals surface area (Å²) in [5, 5.41) is 4.50. The monoisotopic (exact) mass is 193 g/mol. The molecule has 0 saturated carbocycles. The van der Waals surface area contributed by atoms with Crippen molar-refractivity contribution in [2.45, 2.75) is 31.6 Å². The van der Waals surface area contributed by atoms with E-state index in [-0.39, 0.29) is 12.7 Å². The maximum atomic E-state index is 10.9. The molecule has 1 aliphatic rings. The van der Waals surface area contributed by atoms with Crippen LogP contribution in [0.4, 0.5) is 0 Å². The Bertz CT molecular complexity index is 247. The average Bonchev–Trinajstić information content (AvgIpc) is 2.30. The Labute approximate surface area is 73.1 Å². The van der Waals surface area contributed by atoms with Gasteiger partial charge in [0.1, 0.15) is 5.25 Å². The smallest absolute Gasteiger partial charge is 0.214 e. The lowest BCUT2D eigenvalue weighted by Gasteiger charge is -2.12. The van der Waals surface area contributed by atoms with Crippen molar-refractivity contribution >= 4 is 10.0 Å². The summed E-state index contributed by atoms with van der Waals surface area (Å²) in [4.78, 5) is 0. The molecular formula is C7H15NO3S. The van der Waals surface area contributed by atoms with Crippen LogP contribution < -0.4 is 5.14 Å². The van der Waals surface area contributed by atoms with Gasteiger partial charge in [0.2, 0.25) is 10.0 Å². The van der Waals surface area contributed by atoms with Gasteiger partial charge in [0.05, 0.1) is 12.7 Å². The first-order chi connectivity index (χ1) is 5.41. The van der Waals surface area contributed by atoms with E-state index in [1.807, 2.05) is 13.8 Å². The van der Waals surface area contributed by atoms with Crippen LogP contribution in [0.15, 0.2) is 0 Å². The zero-order valence-electron chi connectivity index (χ0n) is 7.36. The summed E-state index contributed by atoms with van der Waals surface area (Å²) >= 11 is 0. The van der Waals surface area contributed by atoms with Crippen LogP contribution in [0.25, 0.3) is 0 Å². The van der Waals surface area contributed by atoms with Gasteiger partial charge in [-0.1, -0.05) is 13.8 Å². The average molecular weight is 193 g/mol. The molecule has 0 bridgehead atoms. The van der Waals surface area contributed by atoms with E-state index < -0.39 is 15.3 Å². The second kappa shape index (κ2) is 3.32. The topological polar surface area (TPSA) is 69.4 Å². The molecule has 0 aromatic heterocycles. The predicted octanol–water partition coefficient (Wildman–Crippen LogP) is 0.0884. The Morgan fingerprint density at radius 3 is 2.33 bits per heavy atom. The molecule has 2 unspecified atom stereocenters. The summed E-state index contributed by atoms with van der Waals surface area (Å²) in [5.41, 5.74) is 0. The van der Waals surface area contributed by atoms with E-state index in [0.29, 0.717) is 12.3 Å². The molecule has 4 nitrogen and oxygen atoms in total. The van der Waals surface area contributed by atoms with Crippen LogP contribution in [0, 0.1) is 5.92 Å². The Morgan fingerprint density at radius 2 is 2.08 bits per heavy atom. The highest BCUT2D eigenvalue weighted by molar-refractivity contribution is 7.89. The van der Waals surface area contributed by atoms with Gasteiger partial charge in [-0.05, 0) is 12.3 Å². The zero-order chi connectivity index (χ0) is 9.35. The van der Waals surface area contributed by atoms with Gasteiger partial charge in [0.25, 0.3) is 0 Å². The van der Waals surface area contributed by atoms with Gasteiger partial charge in [0.15, 0.2) is 0 Å². The number of primary sulfonamides is 1. The number of rotatable bonds is 2. The summed E-state index contributed by atoms with van der Waals surface area (Å²) in [6.07, 6.45) is 0.588. The molecule has 0 amide bonds. The van der Waals surface area contributed by atoms with Gasteiger partial charge >= 0.3 is 0 Å². The minimum atomic E-state index is -3.39. The van der Waals surface area contributed by atoms with Gasteiger partial charge in [0, 0.05) is 0 Å². The van der Waals surface area contributed by atoms with Gasteiger partial charge in [-0.2, -0.15) is 0 Å². The van der Waals surface area contributed by atoms with E-state index in [1.165, 1.54) is 0 Å². The van der Waals surface area contributed by atoms with Crippen molar-refractivity contribution in [3.8, 4) is 0 Å². The Kier molecular flexibility index (Phi) is 2.75. The third-order valence-corrected chi connectivity index (χ3v) is 3.46. The van der Waals surface area contributed by atoms with Crippen LogP contribution in [-0.4, -0.2) is 26.4 Å². The van der Waals surface area contributed by atoms with Crippen LogP contribution in [0.1, 0.15) is 20.3 Å². The summed E-state index contributed by atoms with van der Waals surface area (Å²) in [6, 6.07) is 0. The Hall–Kier alpha value is -0.130. The van der Waals surface area contributed by atoms with Crippen LogP contribution in [0.3, 0.4) is 0 Å². The highest BCUT2D eigenvalue weighted by Crippen LogP contribution is 2.23. The molecule has 0 radical (unpaired) electrons. The van der Waals surface area contributed by atoms with Crippen molar-refractivity contribution in [1.29, 1.82) is 0 Å². The first-order valence-electron chi connectivity index (χ1n) is 4.04. The van der Waals surface area contributed by atoms with Crippen molar-refractivity contribution in [2.24, 2.45) is 11.1 Å². The number of nitrogens with two attached hydrogens (primary N) is 1. The second-order valence-corrected chi connectivity index (χ2v) is 5.41. The van der Waals surface area contributed by atoms with E-state index in [9.17, 15) is 8.42 Å². The quantitative estimate of drug-likeness (QED) is 0.675. The van der Waals surface area contributed by atoms with E-state index in [0.717, 1.165) is 0 Å². The van der Waals surface area contributed by atoms with Crippen LogP contribution >= 0.6 is 0 Å². The van der Waals surface area contributed by atoms with E-state index in [1.54, 1.807) is 0 Å². The number of sulfonamides is 1. The molecule has 0 aromatic carbocycles. The standard InChI is InChI=1S/C7H15NO3S/c1-5(2)7-3-6(4-11-7)12(8,9)10/h5-7H,3-4H2,1-2H3,(H2,8,9,10). The number of hydrogen-bond donors (Lipinski definition) is 1. The fourth-order valence-electron chi connectivity index (χ4n) is 1.32. The van der Waals surface area contributed by atoms with Gasteiger partial charge in [-0.25, -0.2) is 13.6 Å². The Morgan fingerprint density at radius 1 is 1.50 bits per heavy atom.